The van der Waals surface area contributed by atoms with Gasteiger partial charge in [0, 0.05) is 51.9 Å². The van der Waals surface area contributed by atoms with E-state index in [1.54, 1.807) is 21.8 Å². The van der Waals surface area contributed by atoms with Crippen LogP contribution in [-0.2, 0) is 13.1 Å². The van der Waals surface area contributed by atoms with Gasteiger partial charge < -0.3 is 9.80 Å². The van der Waals surface area contributed by atoms with Crippen LogP contribution in [0, 0.1) is 0 Å². The first-order chi connectivity index (χ1) is 13.1. The highest BCUT2D eigenvalue weighted by Gasteiger charge is 2.29. The Morgan fingerprint density at radius 2 is 2.00 bits per heavy atom. The van der Waals surface area contributed by atoms with Gasteiger partial charge in [-0.3, -0.25) is 19.0 Å². The molecule has 0 saturated carbocycles. The predicted molar refractivity (Wildman–Crippen MR) is 99.6 cm³/mol. The SMILES string of the molecule is CCn1nccc1C(=O)N1CCC(c2cc3n(n2)CCCN(C)C3=O)CC1. The molecule has 27 heavy (non-hydrogen) atoms. The van der Waals surface area contributed by atoms with Crippen molar-refractivity contribution < 1.29 is 9.59 Å². The summed E-state index contributed by atoms with van der Waals surface area (Å²) in [5.74, 6) is 0.389. The van der Waals surface area contributed by atoms with Crippen LogP contribution in [-0.4, -0.2) is 67.9 Å². The van der Waals surface area contributed by atoms with E-state index < -0.39 is 0 Å². The van der Waals surface area contributed by atoms with Crippen molar-refractivity contribution >= 4 is 11.8 Å². The number of amides is 2. The molecule has 0 aromatic carbocycles. The lowest BCUT2D eigenvalue weighted by atomic mass is 9.93. The minimum absolute atomic E-state index is 0.0465. The number of aromatic nitrogens is 4. The Kier molecular flexibility index (Phi) is 4.72. The Morgan fingerprint density at radius 1 is 1.22 bits per heavy atom. The maximum Gasteiger partial charge on any atom is 0.272 e. The van der Waals surface area contributed by atoms with Gasteiger partial charge >= 0.3 is 0 Å². The fraction of sp³-hybridized carbons (Fsp3) is 0.579. The molecule has 1 fully saturated rings. The molecule has 0 radical (unpaired) electrons. The largest absolute Gasteiger partial charge is 0.340 e. The summed E-state index contributed by atoms with van der Waals surface area (Å²) in [6, 6.07) is 3.74. The Hall–Kier alpha value is -2.64. The van der Waals surface area contributed by atoms with Crippen LogP contribution >= 0.6 is 0 Å². The van der Waals surface area contributed by atoms with Gasteiger partial charge in [-0.1, -0.05) is 0 Å². The summed E-state index contributed by atoms with van der Waals surface area (Å²) in [4.78, 5) is 28.9. The van der Waals surface area contributed by atoms with Crippen LogP contribution in [0.1, 0.15) is 58.8 Å². The van der Waals surface area contributed by atoms with Gasteiger partial charge in [-0.15, -0.1) is 0 Å². The first-order valence-corrected chi connectivity index (χ1v) is 9.72. The molecular formula is C19H26N6O2. The van der Waals surface area contributed by atoms with Crippen molar-refractivity contribution in [2.75, 3.05) is 26.7 Å². The molecule has 0 atom stereocenters. The first-order valence-electron chi connectivity index (χ1n) is 9.72. The van der Waals surface area contributed by atoms with Gasteiger partial charge in [0.25, 0.3) is 11.8 Å². The quantitative estimate of drug-likeness (QED) is 0.822. The van der Waals surface area contributed by atoms with Crippen LogP contribution < -0.4 is 0 Å². The molecule has 2 aromatic heterocycles. The van der Waals surface area contributed by atoms with Gasteiger partial charge in [0.2, 0.25) is 0 Å². The summed E-state index contributed by atoms with van der Waals surface area (Å²) in [6.07, 6.45) is 4.34. The number of aryl methyl sites for hydroxylation is 2. The molecule has 0 N–H and O–H groups in total. The smallest absolute Gasteiger partial charge is 0.272 e. The van der Waals surface area contributed by atoms with E-state index in [-0.39, 0.29) is 11.8 Å². The summed E-state index contributed by atoms with van der Waals surface area (Å²) in [5, 5.41) is 8.91. The number of carbonyl (C=O) groups excluding carboxylic acids is 2. The second-order valence-electron chi connectivity index (χ2n) is 7.36. The van der Waals surface area contributed by atoms with Crippen LogP contribution in [0.25, 0.3) is 0 Å². The zero-order valence-electron chi connectivity index (χ0n) is 16.0. The number of hydrogen-bond donors (Lipinski definition) is 0. The number of hydrogen-bond acceptors (Lipinski definition) is 4. The summed E-state index contributed by atoms with van der Waals surface area (Å²) in [7, 11) is 1.84. The normalized spacial score (nSPS) is 18.5. The third kappa shape index (κ3) is 3.24. The van der Waals surface area contributed by atoms with E-state index in [1.807, 2.05) is 29.6 Å². The van der Waals surface area contributed by atoms with E-state index >= 15 is 0 Å². The number of fused-ring (bicyclic) bond motifs is 1. The van der Waals surface area contributed by atoms with E-state index in [2.05, 4.69) is 5.10 Å². The Bertz CT molecular complexity index is 846. The second-order valence-corrected chi connectivity index (χ2v) is 7.36. The maximum atomic E-state index is 12.8. The molecule has 4 rings (SSSR count). The minimum Gasteiger partial charge on any atom is -0.340 e. The lowest BCUT2D eigenvalue weighted by Gasteiger charge is -2.31. The monoisotopic (exact) mass is 370 g/mol. The molecule has 0 aliphatic carbocycles. The van der Waals surface area contributed by atoms with E-state index in [1.165, 1.54) is 0 Å². The van der Waals surface area contributed by atoms with Gasteiger partial charge in [0.05, 0.1) is 5.69 Å². The zero-order chi connectivity index (χ0) is 19.0. The molecule has 2 aromatic rings. The highest BCUT2D eigenvalue weighted by atomic mass is 16.2. The topological polar surface area (TPSA) is 76.3 Å². The van der Waals surface area contributed by atoms with Crippen molar-refractivity contribution in [3.63, 3.8) is 0 Å². The van der Waals surface area contributed by atoms with Gasteiger partial charge in [0.1, 0.15) is 11.4 Å². The number of likely N-dealkylation sites (tertiary alicyclic amines) is 1. The molecule has 2 amide bonds. The van der Waals surface area contributed by atoms with Crippen LogP contribution in [0.3, 0.4) is 0 Å². The first kappa shape index (κ1) is 17.8. The number of rotatable bonds is 3. The van der Waals surface area contributed by atoms with Crippen molar-refractivity contribution in [3.8, 4) is 0 Å². The van der Waals surface area contributed by atoms with E-state index in [9.17, 15) is 9.59 Å². The molecule has 144 valence electrons. The minimum atomic E-state index is 0.0465. The van der Waals surface area contributed by atoms with Crippen molar-refractivity contribution in [1.82, 2.24) is 29.4 Å². The maximum absolute atomic E-state index is 12.8. The summed E-state index contributed by atoms with van der Waals surface area (Å²) >= 11 is 0. The lowest BCUT2D eigenvalue weighted by molar-refractivity contribution is 0.0699. The fourth-order valence-corrected chi connectivity index (χ4v) is 4.04. The molecule has 8 heteroatoms. The van der Waals surface area contributed by atoms with Gasteiger partial charge in [-0.25, -0.2) is 0 Å². The molecule has 2 aliphatic heterocycles. The third-order valence-corrected chi connectivity index (χ3v) is 5.66. The summed E-state index contributed by atoms with van der Waals surface area (Å²) in [5.41, 5.74) is 2.33. The van der Waals surface area contributed by atoms with E-state index in [0.29, 0.717) is 36.9 Å². The highest BCUT2D eigenvalue weighted by Crippen LogP contribution is 2.29. The summed E-state index contributed by atoms with van der Waals surface area (Å²) in [6.45, 7) is 5.63. The summed E-state index contributed by atoms with van der Waals surface area (Å²) < 4.78 is 3.60. The predicted octanol–water partition coefficient (Wildman–Crippen LogP) is 1.59. The van der Waals surface area contributed by atoms with E-state index in [0.717, 1.165) is 38.0 Å². The van der Waals surface area contributed by atoms with Crippen molar-refractivity contribution in [2.45, 2.75) is 45.2 Å². The standard InChI is InChI=1S/C19H26N6O2/c1-3-24-16(5-8-20-24)19(27)23-11-6-14(7-12-23)15-13-17-18(26)22(2)9-4-10-25(17)21-15/h5,8,13-14H,3-4,6-7,9-12H2,1-2H3. The molecule has 0 unspecified atom stereocenters. The molecule has 8 nitrogen and oxygen atoms in total. The second kappa shape index (κ2) is 7.17. The fourth-order valence-electron chi connectivity index (χ4n) is 4.04. The molecule has 0 bridgehead atoms. The molecule has 0 spiro atoms. The Labute approximate surface area is 158 Å². The van der Waals surface area contributed by atoms with Gasteiger partial charge in [-0.2, -0.15) is 10.2 Å². The molecule has 1 saturated heterocycles. The van der Waals surface area contributed by atoms with Gasteiger partial charge in [-0.05, 0) is 38.3 Å². The zero-order valence-corrected chi connectivity index (χ0v) is 16.0. The number of piperidine rings is 1. The van der Waals surface area contributed by atoms with Crippen molar-refractivity contribution in [1.29, 1.82) is 0 Å². The van der Waals surface area contributed by atoms with Crippen LogP contribution in [0.15, 0.2) is 18.3 Å². The van der Waals surface area contributed by atoms with Crippen LogP contribution in [0.4, 0.5) is 0 Å². The molecule has 2 aliphatic rings. The highest BCUT2D eigenvalue weighted by molar-refractivity contribution is 5.93. The average Bonchev–Trinajstić information content (AvgIpc) is 3.31. The Balaban J connectivity index is 1.44. The average molecular weight is 370 g/mol. The number of carbonyl (C=O) groups is 2. The van der Waals surface area contributed by atoms with Crippen molar-refractivity contribution in [3.05, 3.63) is 35.4 Å². The van der Waals surface area contributed by atoms with Crippen LogP contribution in [0.5, 0.6) is 0 Å². The van der Waals surface area contributed by atoms with E-state index in [4.69, 9.17) is 5.10 Å². The lowest BCUT2D eigenvalue weighted by Crippen LogP contribution is -2.39. The molecular weight excluding hydrogens is 344 g/mol. The van der Waals surface area contributed by atoms with Gasteiger partial charge in [0.15, 0.2) is 0 Å². The van der Waals surface area contributed by atoms with Crippen molar-refractivity contribution in [2.24, 2.45) is 0 Å². The number of nitrogens with zero attached hydrogens (tertiary/aromatic N) is 6. The molecule has 4 heterocycles. The van der Waals surface area contributed by atoms with Crippen LogP contribution in [0.2, 0.25) is 0 Å². The Morgan fingerprint density at radius 3 is 2.74 bits per heavy atom. The third-order valence-electron chi connectivity index (χ3n) is 5.66.